The number of ether oxygens (including phenoxy) is 1. The zero-order valence-electron chi connectivity index (χ0n) is 8.31. The van der Waals surface area contributed by atoms with Gasteiger partial charge in [0.25, 0.3) is 0 Å². The highest BCUT2D eigenvalue weighted by Crippen LogP contribution is 2.01. The number of halogens is 1. The van der Waals surface area contributed by atoms with Crippen LogP contribution < -0.4 is 5.32 Å². The quantitative estimate of drug-likeness (QED) is 0.337. The molecular formula is C9H18INO2. The van der Waals surface area contributed by atoms with Crippen molar-refractivity contribution in [3.05, 3.63) is 0 Å². The van der Waals surface area contributed by atoms with Crippen LogP contribution in [0.3, 0.4) is 0 Å². The minimum absolute atomic E-state index is 0.0655. The van der Waals surface area contributed by atoms with Crippen LogP contribution in [0.4, 0.5) is 0 Å². The van der Waals surface area contributed by atoms with Gasteiger partial charge in [0.15, 0.2) is 0 Å². The molecule has 0 amide bonds. The Morgan fingerprint density at radius 3 is 2.77 bits per heavy atom. The number of carbonyl (C=O) groups excluding carboxylic acids is 1. The Balaban J connectivity index is 3.26. The molecule has 0 heterocycles. The molecule has 0 aromatic carbocycles. The standard InChI is InChI=1S/C9H18INO2/c1-3-4-5-6-11-7-8(10)9(12)13-2/h8,11H,3-7H2,1-2H3. The van der Waals surface area contributed by atoms with Gasteiger partial charge in [0.05, 0.1) is 7.11 Å². The average molecular weight is 299 g/mol. The van der Waals surface area contributed by atoms with Crippen LogP contribution in [-0.2, 0) is 9.53 Å². The molecule has 0 spiro atoms. The molecule has 78 valence electrons. The van der Waals surface area contributed by atoms with Crippen molar-refractivity contribution in [2.75, 3.05) is 20.2 Å². The summed E-state index contributed by atoms with van der Waals surface area (Å²) in [6, 6.07) is 0. The smallest absolute Gasteiger partial charge is 0.319 e. The Labute approximate surface area is 93.7 Å². The summed E-state index contributed by atoms with van der Waals surface area (Å²) in [5, 5.41) is 3.23. The summed E-state index contributed by atoms with van der Waals surface area (Å²) in [6.45, 7) is 3.87. The topological polar surface area (TPSA) is 38.3 Å². The third-order valence-electron chi connectivity index (χ3n) is 1.74. The Bertz CT molecular complexity index is 142. The zero-order valence-corrected chi connectivity index (χ0v) is 10.5. The van der Waals surface area contributed by atoms with Crippen molar-refractivity contribution in [2.45, 2.75) is 30.1 Å². The Morgan fingerprint density at radius 2 is 2.23 bits per heavy atom. The number of rotatable bonds is 7. The van der Waals surface area contributed by atoms with Crippen LogP contribution >= 0.6 is 22.6 Å². The molecule has 13 heavy (non-hydrogen) atoms. The molecule has 4 heteroatoms. The van der Waals surface area contributed by atoms with Gasteiger partial charge in [-0.15, -0.1) is 0 Å². The highest BCUT2D eigenvalue weighted by atomic mass is 127. The molecule has 0 saturated heterocycles. The summed E-state index contributed by atoms with van der Waals surface area (Å²) < 4.78 is 4.54. The number of methoxy groups -OCH3 is 1. The molecule has 0 aliphatic carbocycles. The van der Waals surface area contributed by atoms with Crippen LogP contribution in [0.1, 0.15) is 26.2 Å². The zero-order chi connectivity index (χ0) is 10.1. The molecule has 0 radical (unpaired) electrons. The van der Waals surface area contributed by atoms with Crippen molar-refractivity contribution in [1.82, 2.24) is 5.32 Å². The second-order valence-electron chi connectivity index (χ2n) is 2.90. The van der Waals surface area contributed by atoms with Gasteiger partial charge >= 0.3 is 5.97 Å². The maximum atomic E-state index is 11.0. The van der Waals surface area contributed by atoms with E-state index in [1.54, 1.807) is 0 Å². The van der Waals surface area contributed by atoms with Crippen molar-refractivity contribution in [2.24, 2.45) is 0 Å². The summed E-state index contributed by atoms with van der Waals surface area (Å²) in [7, 11) is 1.42. The molecular weight excluding hydrogens is 281 g/mol. The van der Waals surface area contributed by atoms with E-state index in [9.17, 15) is 4.79 Å². The fraction of sp³-hybridized carbons (Fsp3) is 0.889. The van der Waals surface area contributed by atoms with E-state index < -0.39 is 0 Å². The van der Waals surface area contributed by atoms with E-state index in [0.29, 0.717) is 6.54 Å². The van der Waals surface area contributed by atoms with Crippen LogP contribution in [0.15, 0.2) is 0 Å². The Kier molecular flexibility index (Phi) is 8.85. The normalized spacial score (nSPS) is 12.5. The molecule has 0 fully saturated rings. The number of hydrogen-bond acceptors (Lipinski definition) is 3. The second-order valence-corrected chi connectivity index (χ2v) is 4.41. The molecule has 0 aliphatic heterocycles. The van der Waals surface area contributed by atoms with E-state index >= 15 is 0 Å². The van der Waals surface area contributed by atoms with Crippen LogP contribution in [0.2, 0.25) is 0 Å². The van der Waals surface area contributed by atoms with E-state index in [1.807, 2.05) is 0 Å². The lowest BCUT2D eigenvalue weighted by molar-refractivity contribution is -0.139. The maximum Gasteiger partial charge on any atom is 0.319 e. The summed E-state index contributed by atoms with van der Waals surface area (Å²) in [4.78, 5) is 11.0. The van der Waals surface area contributed by atoms with Gasteiger partial charge in [-0.1, -0.05) is 42.4 Å². The lowest BCUT2D eigenvalue weighted by Crippen LogP contribution is -2.30. The van der Waals surface area contributed by atoms with E-state index in [0.717, 1.165) is 6.54 Å². The molecule has 0 bridgehead atoms. The lowest BCUT2D eigenvalue weighted by Gasteiger charge is -2.08. The largest absolute Gasteiger partial charge is 0.468 e. The Morgan fingerprint density at radius 1 is 1.54 bits per heavy atom. The van der Waals surface area contributed by atoms with Gasteiger partial charge in [-0.25, -0.2) is 0 Å². The minimum atomic E-state index is -0.149. The summed E-state index contributed by atoms with van der Waals surface area (Å²) in [5.74, 6) is -0.149. The lowest BCUT2D eigenvalue weighted by atomic mass is 10.2. The van der Waals surface area contributed by atoms with E-state index in [-0.39, 0.29) is 9.89 Å². The molecule has 0 aromatic heterocycles. The highest BCUT2D eigenvalue weighted by Gasteiger charge is 2.13. The van der Waals surface area contributed by atoms with Gasteiger partial charge in [-0.2, -0.15) is 0 Å². The Hall–Kier alpha value is 0.160. The van der Waals surface area contributed by atoms with Gasteiger partial charge in [-0.3, -0.25) is 4.79 Å². The van der Waals surface area contributed by atoms with Crippen molar-refractivity contribution < 1.29 is 9.53 Å². The number of unbranched alkanes of at least 4 members (excludes halogenated alkanes) is 2. The number of hydrogen-bond donors (Lipinski definition) is 1. The monoisotopic (exact) mass is 299 g/mol. The fourth-order valence-electron chi connectivity index (χ4n) is 0.940. The first kappa shape index (κ1) is 13.2. The van der Waals surface area contributed by atoms with E-state index in [2.05, 4.69) is 39.6 Å². The summed E-state index contributed by atoms with van der Waals surface area (Å²) in [5.41, 5.74) is 0. The van der Waals surface area contributed by atoms with E-state index in [1.165, 1.54) is 26.4 Å². The highest BCUT2D eigenvalue weighted by molar-refractivity contribution is 14.1. The van der Waals surface area contributed by atoms with Crippen LogP contribution in [0.5, 0.6) is 0 Å². The molecule has 1 unspecified atom stereocenters. The van der Waals surface area contributed by atoms with Crippen molar-refractivity contribution in [1.29, 1.82) is 0 Å². The summed E-state index contributed by atoms with van der Waals surface area (Å²) >= 11 is 2.09. The molecule has 0 aromatic rings. The predicted molar refractivity (Wildman–Crippen MR) is 62.2 cm³/mol. The second kappa shape index (κ2) is 8.74. The molecule has 0 saturated carbocycles. The average Bonchev–Trinajstić information content (AvgIpc) is 2.16. The maximum absolute atomic E-state index is 11.0. The molecule has 0 rings (SSSR count). The third kappa shape index (κ3) is 7.25. The first-order valence-corrected chi connectivity index (χ1v) is 5.89. The van der Waals surface area contributed by atoms with Gasteiger partial charge in [0, 0.05) is 6.54 Å². The molecule has 1 atom stereocenters. The van der Waals surface area contributed by atoms with Crippen molar-refractivity contribution in [3.63, 3.8) is 0 Å². The van der Waals surface area contributed by atoms with Crippen molar-refractivity contribution in [3.8, 4) is 0 Å². The predicted octanol–water partition coefficient (Wildman–Crippen LogP) is 1.74. The van der Waals surface area contributed by atoms with Crippen LogP contribution in [0.25, 0.3) is 0 Å². The molecule has 0 aliphatic rings. The van der Waals surface area contributed by atoms with Gasteiger partial charge in [0.1, 0.15) is 3.92 Å². The fourth-order valence-corrected chi connectivity index (χ4v) is 1.51. The first-order chi connectivity index (χ1) is 6.22. The third-order valence-corrected chi connectivity index (χ3v) is 2.69. The number of carbonyl (C=O) groups is 1. The van der Waals surface area contributed by atoms with Gasteiger partial charge in [-0.05, 0) is 13.0 Å². The number of alkyl halides is 1. The van der Waals surface area contributed by atoms with Gasteiger partial charge in [0.2, 0.25) is 0 Å². The minimum Gasteiger partial charge on any atom is -0.468 e. The van der Waals surface area contributed by atoms with E-state index in [4.69, 9.17) is 0 Å². The van der Waals surface area contributed by atoms with Crippen molar-refractivity contribution >= 4 is 28.6 Å². The molecule has 3 nitrogen and oxygen atoms in total. The first-order valence-electron chi connectivity index (χ1n) is 4.65. The number of esters is 1. The van der Waals surface area contributed by atoms with Gasteiger partial charge < -0.3 is 10.1 Å². The summed E-state index contributed by atoms with van der Waals surface area (Å²) in [6.07, 6.45) is 3.66. The van der Waals surface area contributed by atoms with Crippen LogP contribution in [-0.4, -0.2) is 30.1 Å². The SMILES string of the molecule is CCCCCNCC(I)C(=O)OC. The molecule has 1 N–H and O–H groups in total. The number of nitrogens with one attached hydrogen (secondary N) is 1. The van der Waals surface area contributed by atoms with Crippen LogP contribution in [0, 0.1) is 0 Å².